The monoisotopic (exact) mass is 1020 g/mol. The first-order valence-corrected chi connectivity index (χ1v) is 35.1. The maximum Gasteiger partial charge on any atom is 0.125 e. The Labute approximate surface area is 462 Å². The van der Waals surface area contributed by atoms with E-state index in [4.69, 9.17) is 9.97 Å². The second-order valence-electron chi connectivity index (χ2n) is 24.5. The van der Waals surface area contributed by atoms with Gasteiger partial charge in [-0.25, -0.2) is 9.97 Å². The average Bonchev–Trinajstić information content (AvgIpc) is 3.39. The Hall–Kier alpha value is -0.920. The van der Waals surface area contributed by atoms with Gasteiger partial charge in [-0.2, -0.15) is 0 Å². The van der Waals surface area contributed by atoms with Crippen LogP contribution in [-0.4, -0.2) is 9.97 Å². The summed E-state index contributed by atoms with van der Waals surface area (Å²) in [6.45, 7) is 9.12. The van der Waals surface area contributed by atoms with Gasteiger partial charge in [-0.1, -0.05) is 387 Å². The number of hydrogen-bond donors (Lipinski definition) is 0. The quantitative estimate of drug-likeness (QED) is 0.0608. The van der Waals surface area contributed by atoms with Gasteiger partial charge in [0.15, 0.2) is 0 Å². The van der Waals surface area contributed by atoms with E-state index in [-0.39, 0.29) is 0 Å². The van der Waals surface area contributed by atoms with E-state index in [2.05, 4.69) is 27.7 Å². The summed E-state index contributed by atoms with van der Waals surface area (Å²) in [7, 11) is 0. The molecular weight excluding hydrogens is 881 g/mol. The minimum atomic E-state index is 1.03. The van der Waals surface area contributed by atoms with Gasteiger partial charge in [-0.05, 0) is 51.0 Å². The van der Waals surface area contributed by atoms with Gasteiger partial charge in [0.05, 0.1) is 0 Å². The van der Waals surface area contributed by atoms with E-state index in [9.17, 15) is 0 Å². The molecule has 0 aromatic carbocycles. The Balaban J connectivity index is 2.31. The predicted molar refractivity (Wildman–Crippen MR) is 332 cm³/mol. The van der Waals surface area contributed by atoms with Crippen LogP contribution in [0, 0.1) is 6.92 Å². The summed E-state index contributed by atoms with van der Waals surface area (Å²) in [6.07, 6.45) is 90.2. The van der Waals surface area contributed by atoms with Crippen LogP contribution in [0.3, 0.4) is 0 Å². The fraction of sp³-hybridized carbons (Fsp3) is 0.944. The minimum Gasteiger partial charge on any atom is -0.238 e. The van der Waals surface area contributed by atoms with Crippen molar-refractivity contribution in [1.29, 1.82) is 0 Å². The SMILES string of the molecule is CCCCCCCCCCCCCCCCCCCCCCc1nc(C)nc(CCCCCCCCCCCCCCCCCCCCCC)c1CCCCCCCCCCCCCCCCCCCCCC. The smallest absolute Gasteiger partial charge is 0.125 e. The van der Waals surface area contributed by atoms with Crippen molar-refractivity contribution in [2.75, 3.05) is 0 Å². The molecule has 0 saturated carbocycles. The van der Waals surface area contributed by atoms with Crippen LogP contribution < -0.4 is 0 Å². The van der Waals surface area contributed by atoms with Crippen LogP contribution >= 0.6 is 0 Å². The Morgan fingerprint density at radius 1 is 0.178 bits per heavy atom. The lowest BCUT2D eigenvalue weighted by Gasteiger charge is -2.15. The molecule has 0 saturated heterocycles. The molecule has 73 heavy (non-hydrogen) atoms. The van der Waals surface area contributed by atoms with Gasteiger partial charge in [0.1, 0.15) is 5.82 Å². The molecule has 0 spiro atoms. The number of aromatic nitrogens is 2. The summed E-state index contributed by atoms with van der Waals surface area (Å²) in [5.41, 5.74) is 4.43. The summed E-state index contributed by atoms with van der Waals surface area (Å²) >= 11 is 0. The highest BCUT2D eigenvalue weighted by atomic mass is 14.9. The molecule has 0 bridgehead atoms. The molecule has 432 valence electrons. The standard InChI is InChI=1S/C71H138N2/c1-5-8-11-14-17-20-23-26-29-32-35-38-41-44-47-50-53-56-59-62-65-69-70(66-63-60-57-54-51-48-45-42-39-36-33-30-27-24-21-18-15-12-9-6-2)72-68(4)73-71(69)67-64-61-58-55-52-49-46-43-40-37-34-31-28-25-22-19-16-13-10-7-3/h5-67H2,1-4H3. The molecule has 0 radical (unpaired) electrons. The number of unbranched alkanes of at least 4 members (excludes halogenated alkanes) is 57. The zero-order valence-corrected chi connectivity index (χ0v) is 51.4. The maximum absolute atomic E-state index is 5.18. The molecule has 0 amide bonds. The van der Waals surface area contributed by atoms with Gasteiger partial charge >= 0.3 is 0 Å². The molecule has 2 heteroatoms. The van der Waals surface area contributed by atoms with Gasteiger partial charge < -0.3 is 0 Å². The fourth-order valence-electron chi connectivity index (χ4n) is 12.1. The molecule has 2 nitrogen and oxygen atoms in total. The topological polar surface area (TPSA) is 25.8 Å². The largest absolute Gasteiger partial charge is 0.238 e. The molecular formula is C71H138N2. The second kappa shape index (κ2) is 60.3. The molecule has 1 heterocycles. The van der Waals surface area contributed by atoms with Gasteiger partial charge in [0.2, 0.25) is 0 Å². The highest BCUT2D eigenvalue weighted by Gasteiger charge is 2.14. The third-order valence-corrected chi connectivity index (χ3v) is 17.1. The Morgan fingerprint density at radius 3 is 0.479 bits per heavy atom. The van der Waals surface area contributed by atoms with E-state index in [1.165, 1.54) is 416 Å². The van der Waals surface area contributed by atoms with Crippen LogP contribution in [0.1, 0.15) is 429 Å². The number of hydrogen-bond acceptors (Lipinski definition) is 2. The van der Waals surface area contributed by atoms with Crippen LogP contribution in [0.5, 0.6) is 0 Å². The van der Waals surface area contributed by atoms with Crippen molar-refractivity contribution in [3.05, 3.63) is 22.8 Å². The first-order valence-electron chi connectivity index (χ1n) is 35.1. The van der Waals surface area contributed by atoms with E-state index in [1.807, 2.05) is 0 Å². The number of rotatable bonds is 63. The molecule has 0 aliphatic carbocycles. The highest BCUT2D eigenvalue weighted by molar-refractivity contribution is 5.27. The van der Waals surface area contributed by atoms with Gasteiger partial charge in [0.25, 0.3) is 0 Å². The predicted octanol–water partition coefficient (Wildman–Crippen LogP) is 25.9. The lowest BCUT2D eigenvalue weighted by Crippen LogP contribution is -2.09. The Bertz CT molecular complexity index is 1110. The van der Waals surface area contributed by atoms with Crippen LogP contribution in [0.4, 0.5) is 0 Å². The maximum atomic E-state index is 5.18. The van der Waals surface area contributed by atoms with Crippen LogP contribution in [-0.2, 0) is 19.3 Å². The normalized spacial score (nSPS) is 11.7. The molecule has 0 aliphatic heterocycles. The molecule has 0 fully saturated rings. The molecule has 0 atom stereocenters. The van der Waals surface area contributed by atoms with Gasteiger partial charge in [-0.15, -0.1) is 0 Å². The van der Waals surface area contributed by atoms with Crippen molar-refractivity contribution in [3.63, 3.8) is 0 Å². The van der Waals surface area contributed by atoms with Crippen LogP contribution in [0.15, 0.2) is 0 Å². The van der Waals surface area contributed by atoms with Crippen molar-refractivity contribution in [3.8, 4) is 0 Å². The van der Waals surface area contributed by atoms with Crippen molar-refractivity contribution in [1.82, 2.24) is 9.97 Å². The number of aryl methyl sites for hydroxylation is 3. The van der Waals surface area contributed by atoms with Crippen molar-refractivity contribution >= 4 is 0 Å². The zero-order valence-electron chi connectivity index (χ0n) is 51.4. The third-order valence-electron chi connectivity index (χ3n) is 17.1. The van der Waals surface area contributed by atoms with E-state index >= 15 is 0 Å². The summed E-state index contributed by atoms with van der Waals surface area (Å²) in [6, 6.07) is 0. The fourth-order valence-corrected chi connectivity index (χ4v) is 12.1. The summed E-state index contributed by atoms with van der Waals surface area (Å²) in [5.74, 6) is 1.03. The third kappa shape index (κ3) is 51.6. The van der Waals surface area contributed by atoms with E-state index in [0.29, 0.717) is 0 Å². The lowest BCUT2D eigenvalue weighted by atomic mass is 9.96. The molecule has 1 aromatic heterocycles. The van der Waals surface area contributed by atoms with E-state index in [1.54, 1.807) is 5.56 Å². The van der Waals surface area contributed by atoms with Gasteiger partial charge in [-0.3, -0.25) is 0 Å². The Morgan fingerprint density at radius 2 is 0.315 bits per heavy atom. The Kier molecular flexibility index (Phi) is 57.9. The van der Waals surface area contributed by atoms with Gasteiger partial charge in [0, 0.05) is 11.4 Å². The molecule has 1 rings (SSSR count). The molecule has 1 aromatic rings. The molecule has 0 aliphatic rings. The molecule has 0 N–H and O–H groups in total. The van der Waals surface area contributed by atoms with E-state index in [0.717, 1.165) is 5.82 Å². The van der Waals surface area contributed by atoms with Crippen molar-refractivity contribution < 1.29 is 0 Å². The van der Waals surface area contributed by atoms with Crippen molar-refractivity contribution in [2.45, 2.75) is 432 Å². The molecule has 0 unspecified atom stereocenters. The summed E-state index contributed by atoms with van der Waals surface area (Å²) in [5, 5.41) is 0. The first-order chi connectivity index (χ1) is 36.2. The average molecular weight is 1020 g/mol. The number of nitrogens with zero attached hydrogens (tertiary/aromatic N) is 2. The van der Waals surface area contributed by atoms with E-state index < -0.39 is 0 Å². The van der Waals surface area contributed by atoms with Crippen molar-refractivity contribution in [2.24, 2.45) is 0 Å². The van der Waals surface area contributed by atoms with Crippen LogP contribution in [0.25, 0.3) is 0 Å². The van der Waals surface area contributed by atoms with Crippen LogP contribution in [0.2, 0.25) is 0 Å². The first kappa shape index (κ1) is 70.1. The zero-order chi connectivity index (χ0) is 52.3. The summed E-state index contributed by atoms with van der Waals surface area (Å²) < 4.78 is 0. The summed E-state index contributed by atoms with van der Waals surface area (Å²) in [4.78, 5) is 10.4. The second-order valence-corrected chi connectivity index (χ2v) is 24.5. The lowest BCUT2D eigenvalue weighted by molar-refractivity contribution is 0.520. The highest BCUT2D eigenvalue weighted by Crippen LogP contribution is 2.24. The minimum absolute atomic E-state index is 1.03.